The molecule has 1 aliphatic rings. The lowest BCUT2D eigenvalue weighted by Crippen LogP contribution is -2.33. The van der Waals surface area contributed by atoms with Crippen molar-refractivity contribution < 1.29 is 18.7 Å². The van der Waals surface area contributed by atoms with Crippen LogP contribution in [0, 0.1) is 5.82 Å². The summed E-state index contributed by atoms with van der Waals surface area (Å²) < 4.78 is 19.0. The minimum absolute atomic E-state index is 0.0203. The Bertz CT molecular complexity index is 933. The fraction of sp³-hybridized carbons (Fsp3) is 0.440. The maximum atomic E-state index is 13.8. The van der Waals surface area contributed by atoms with Crippen LogP contribution in [0.2, 0.25) is 0 Å². The molecule has 3 N–H and O–H groups in total. The van der Waals surface area contributed by atoms with Crippen LogP contribution in [0.1, 0.15) is 66.6 Å². The molecule has 2 amide bonds. The Hall–Kier alpha value is -2.93. The molecule has 0 spiro atoms. The summed E-state index contributed by atoms with van der Waals surface area (Å²) in [5.41, 5.74) is 2.71. The zero-order valence-corrected chi connectivity index (χ0v) is 18.9. The van der Waals surface area contributed by atoms with Crippen LogP contribution >= 0.6 is 0 Å². The third-order valence-corrected chi connectivity index (χ3v) is 5.98. The molecular formula is C25H32FN3O3. The molecule has 0 radical (unpaired) electrons. The molecule has 2 aromatic rings. The highest BCUT2D eigenvalue weighted by Gasteiger charge is 2.27. The van der Waals surface area contributed by atoms with Crippen LogP contribution in [0.4, 0.5) is 4.39 Å². The van der Waals surface area contributed by atoms with Gasteiger partial charge in [0.15, 0.2) is 0 Å². The van der Waals surface area contributed by atoms with Gasteiger partial charge in [-0.05, 0) is 67.5 Å². The van der Waals surface area contributed by atoms with Crippen molar-refractivity contribution in [2.75, 3.05) is 20.2 Å². The summed E-state index contributed by atoms with van der Waals surface area (Å²) in [6.07, 6.45) is 3.12. The molecule has 0 bridgehead atoms. The Morgan fingerprint density at radius 3 is 2.50 bits per heavy atom. The third kappa shape index (κ3) is 6.53. The number of nitrogens with one attached hydrogen (secondary N) is 3. The molecule has 3 unspecified atom stereocenters. The van der Waals surface area contributed by atoms with Crippen LogP contribution in [0.3, 0.4) is 0 Å². The lowest BCUT2D eigenvalue weighted by atomic mass is 9.96. The van der Waals surface area contributed by atoms with Gasteiger partial charge in [0.05, 0.1) is 7.11 Å². The Balaban J connectivity index is 1.51. The Morgan fingerprint density at radius 1 is 1.09 bits per heavy atom. The van der Waals surface area contributed by atoms with Gasteiger partial charge in [0.1, 0.15) is 11.6 Å². The molecule has 0 heterocycles. The maximum absolute atomic E-state index is 13.8. The van der Waals surface area contributed by atoms with E-state index in [4.69, 9.17) is 4.74 Å². The van der Waals surface area contributed by atoms with Gasteiger partial charge in [-0.15, -0.1) is 0 Å². The van der Waals surface area contributed by atoms with Crippen molar-refractivity contribution in [3.05, 3.63) is 65.0 Å². The van der Waals surface area contributed by atoms with Crippen molar-refractivity contribution in [3.8, 4) is 5.75 Å². The molecule has 3 atom stereocenters. The van der Waals surface area contributed by atoms with E-state index in [9.17, 15) is 14.0 Å². The molecule has 7 heteroatoms. The number of benzene rings is 2. The third-order valence-electron chi connectivity index (χ3n) is 5.98. The highest BCUT2D eigenvalue weighted by atomic mass is 19.1. The van der Waals surface area contributed by atoms with E-state index in [0.717, 1.165) is 24.8 Å². The van der Waals surface area contributed by atoms with Crippen molar-refractivity contribution in [1.29, 1.82) is 0 Å². The van der Waals surface area contributed by atoms with Gasteiger partial charge >= 0.3 is 0 Å². The monoisotopic (exact) mass is 441 g/mol. The number of rotatable bonds is 9. The summed E-state index contributed by atoms with van der Waals surface area (Å²) in [7, 11) is 1.54. The molecule has 1 fully saturated rings. The molecule has 0 aliphatic heterocycles. The number of methoxy groups -OCH3 is 1. The van der Waals surface area contributed by atoms with E-state index in [0.29, 0.717) is 36.4 Å². The molecule has 3 rings (SSSR count). The number of carbonyl (C=O) groups is 2. The van der Waals surface area contributed by atoms with E-state index >= 15 is 0 Å². The summed E-state index contributed by atoms with van der Waals surface area (Å²) in [6.45, 7) is 4.30. The Kier molecular flexibility index (Phi) is 8.22. The first-order chi connectivity index (χ1) is 15.4. The summed E-state index contributed by atoms with van der Waals surface area (Å²) in [6, 6.07) is 12.9. The number of hydrogen-bond donors (Lipinski definition) is 3. The molecule has 32 heavy (non-hydrogen) atoms. The first-order valence-electron chi connectivity index (χ1n) is 11.1. The van der Waals surface area contributed by atoms with Crippen molar-refractivity contribution in [3.63, 3.8) is 0 Å². The number of hydrogen-bond acceptors (Lipinski definition) is 4. The van der Waals surface area contributed by atoms with Crippen molar-refractivity contribution >= 4 is 11.8 Å². The van der Waals surface area contributed by atoms with Crippen LogP contribution in [0.15, 0.2) is 42.5 Å². The molecule has 2 aromatic carbocycles. The molecule has 1 aliphatic carbocycles. The van der Waals surface area contributed by atoms with Gasteiger partial charge in [0.25, 0.3) is 5.91 Å². The number of amides is 2. The molecule has 0 aromatic heterocycles. The van der Waals surface area contributed by atoms with E-state index in [1.165, 1.54) is 18.6 Å². The lowest BCUT2D eigenvalue weighted by Gasteiger charge is -2.21. The average molecular weight is 442 g/mol. The zero-order valence-electron chi connectivity index (χ0n) is 18.9. The Morgan fingerprint density at radius 2 is 1.81 bits per heavy atom. The van der Waals surface area contributed by atoms with E-state index in [1.54, 1.807) is 13.2 Å². The number of ether oxygens (including phenoxy) is 1. The van der Waals surface area contributed by atoms with E-state index in [1.807, 2.05) is 37.3 Å². The van der Waals surface area contributed by atoms with Gasteiger partial charge in [0, 0.05) is 43.7 Å². The predicted molar refractivity (Wildman–Crippen MR) is 122 cm³/mol. The highest BCUT2D eigenvalue weighted by molar-refractivity contribution is 5.94. The average Bonchev–Trinajstić information content (AvgIpc) is 3.24. The highest BCUT2D eigenvalue weighted by Crippen LogP contribution is 2.35. The second-order valence-corrected chi connectivity index (χ2v) is 8.38. The Labute approximate surface area is 188 Å². The smallest absolute Gasteiger partial charge is 0.251 e. The summed E-state index contributed by atoms with van der Waals surface area (Å²) in [5, 5.41) is 9.07. The minimum atomic E-state index is -0.295. The second-order valence-electron chi connectivity index (χ2n) is 8.38. The summed E-state index contributed by atoms with van der Waals surface area (Å²) >= 11 is 0. The van der Waals surface area contributed by atoms with Crippen LogP contribution in [0.25, 0.3) is 0 Å². The maximum Gasteiger partial charge on any atom is 0.251 e. The zero-order chi connectivity index (χ0) is 23.1. The van der Waals surface area contributed by atoms with Gasteiger partial charge in [-0.1, -0.05) is 12.1 Å². The first kappa shape index (κ1) is 23.7. The van der Waals surface area contributed by atoms with E-state index < -0.39 is 0 Å². The van der Waals surface area contributed by atoms with Crippen molar-refractivity contribution in [2.24, 2.45) is 0 Å². The minimum Gasteiger partial charge on any atom is -0.497 e. The standard InChI is InChI=1S/C25H32FN3O3/c1-16(21-12-22(26)15-24(14-21)32-3)29-23-9-8-20(13-23)18-4-6-19(7-5-18)25(31)28-11-10-27-17(2)30/h4-7,12,14-16,20,23,29H,8-11,13H2,1-3H3,(H,27,30)(H,28,31). The molecule has 6 nitrogen and oxygen atoms in total. The normalized spacial score (nSPS) is 18.8. The topological polar surface area (TPSA) is 79.5 Å². The molecular weight excluding hydrogens is 409 g/mol. The second kappa shape index (κ2) is 11.1. The number of halogens is 1. The van der Waals surface area contributed by atoms with Crippen LogP contribution < -0.4 is 20.7 Å². The molecule has 0 saturated heterocycles. The van der Waals surface area contributed by atoms with Crippen molar-refractivity contribution in [2.45, 2.75) is 51.1 Å². The van der Waals surface area contributed by atoms with Crippen LogP contribution in [0.5, 0.6) is 5.75 Å². The van der Waals surface area contributed by atoms with Gasteiger partial charge in [0.2, 0.25) is 5.91 Å². The van der Waals surface area contributed by atoms with Gasteiger partial charge in [-0.3, -0.25) is 9.59 Å². The fourth-order valence-corrected chi connectivity index (χ4v) is 4.26. The van der Waals surface area contributed by atoms with Gasteiger partial charge < -0.3 is 20.7 Å². The lowest BCUT2D eigenvalue weighted by molar-refractivity contribution is -0.118. The van der Waals surface area contributed by atoms with Crippen molar-refractivity contribution in [1.82, 2.24) is 16.0 Å². The van der Waals surface area contributed by atoms with Crippen LogP contribution in [-0.4, -0.2) is 38.1 Å². The molecule has 172 valence electrons. The van der Waals surface area contributed by atoms with Gasteiger partial charge in [-0.25, -0.2) is 4.39 Å². The number of carbonyl (C=O) groups excluding carboxylic acids is 2. The molecule has 1 saturated carbocycles. The van der Waals surface area contributed by atoms with E-state index in [-0.39, 0.29) is 23.7 Å². The SMILES string of the molecule is COc1cc(F)cc(C(C)NC2CCC(c3ccc(C(=O)NCCNC(C)=O)cc3)C2)c1. The fourth-order valence-electron chi connectivity index (χ4n) is 4.26. The van der Waals surface area contributed by atoms with Crippen LogP contribution in [-0.2, 0) is 4.79 Å². The summed E-state index contributed by atoms with van der Waals surface area (Å²) in [5.74, 6) is 0.401. The summed E-state index contributed by atoms with van der Waals surface area (Å²) in [4.78, 5) is 23.1. The van der Waals surface area contributed by atoms with E-state index in [2.05, 4.69) is 16.0 Å². The first-order valence-corrected chi connectivity index (χ1v) is 11.1. The predicted octanol–water partition coefficient (Wildman–Crippen LogP) is 3.69. The largest absolute Gasteiger partial charge is 0.497 e. The van der Waals surface area contributed by atoms with Gasteiger partial charge in [-0.2, -0.15) is 0 Å². The quantitative estimate of drug-likeness (QED) is 0.519.